The van der Waals surface area contributed by atoms with Gasteiger partial charge in [0.05, 0.1) is 77.7 Å². The summed E-state index contributed by atoms with van der Waals surface area (Å²) in [5.41, 5.74) is 25.1. The van der Waals surface area contributed by atoms with Gasteiger partial charge < -0.3 is 32.6 Å². The number of nitro benzene ring substituents is 4. The molecule has 0 saturated carbocycles. The molecule has 0 aliphatic rings. The van der Waals surface area contributed by atoms with Crippen molar-refractivity contribution in [3.05, 3.63) is 244 Å². The van der Waals surface area contributed by atoms with E-state index in [9.17, 15) is 54.8 Å². The van der Waals surface area contributed by atoms with Crippen LogP contribution in [0.25, 0.3) is 0 Å². The molecular weight excluding hydrogens is 1510 g/mol. The molecule has 8 N–H and O–H groups in total. The Balaban J connectivity index is 0.000000425. The van der Waals surface area contributed by atoms with Gasteiger partial charge in [0.25, 0.3) is 22.7 Å². The van der Waals surface area contributed by atoms with Crippen LogP contribution in [0.3, 0.4) is 0 Å². The SMILES string of the molecule is Br.Br.CC(C)(C)OC(=O)N[C@@H](Cc1ccc([N+](=O)[O-])cc1)C(N)=S.CCC(=O)CBr.CCc1csc([C@@H](N)Cc2ccc([N+](=O)[O-])cc2)n1.CCc1csc([C@@H](N)Cc2ccc([N+](=O)[O-])cc2)n1.CCc1csc([C@H](Cc2ccc([N+](=O)[O-])cc2)NC(=O)Cc2ccccc2)n1. The summed E-state index contributed by atoms with van der Waals surface area (Å²) in [6.07, 6.45) is 5.08. The first-order valence-corrected chi connectivity index (χ1v) is 33.8. The number of benzene rings is 5. The molecule has 8 aromatic rings. The van der Waals surface area contributed by atoms with Gasteiger partial charge in [-0.05, 0) is 93.5 Å². The van der Waals surface area contributed by atoms with E-state index in [-0.39, 0.29) is 91.5 Å². The Morgan fingerprint density at radius 1 is 0.542 bits per heavy atom. The fourth-order valence-electron chi connectivity index (χ4n) is 8.12. The molecule has 0 radical (unpaired) electrons. The van der Waals surface area contributed by atoms with Crippen molar-refractivity contribution in [2.24, 2.45) is 17.2 Å². The third-order valence-electron chi connectivity index (χ3n) is 13.2. The zero-order chi connectivity index (χ0) is 69.5. The number of amides is 2. The van der Waals surface area contributed by atoms with E-state index in [0.717, 1.165) is 79.2 Å². The second-order valence-electron chi connectivity index (χ2n) is 21.7. The number of hydrogen-bond acceptors (Lipinski definition) is 21. The van der Waals surface area contributed by atoms with E-state index in [2.05, 4.69) is 55.4 Å². The number of alkyl halides is 1. The van der Waals surface area contributed by atoms with E-state index in [1.54, 1.807) is 92.0 Å². The molecule has 3 aromatic heterocycles. The van der Waals surface area contributed by atoms with Crippen LogP contribution in [0.1, 0.15) is 133 Å². The molecule has 0 aliphatic heterocycles. The van der Waals surface area contributed by atoms with E-state index < -0.39 is 37.4 Å². The summed E-state index contributed by atoms with van der Waals surface area (Å²) in [6.45, 7) is 13.2. The summed E-state index contributed by atoms with van der Waals surface area (Å²) in [5, 5.41) is 57.5. The maximum absolute atomic E-state index is 12.6. The van der Waals surface area contributed by atoms with Crippen molar-refractivity contribution >= 4 is 142 Å². The van der Waals surface area contributed by atoms with Gasteiger partial charge in [-0.15, -0.1) is 68.0 Å². The lowest BCUT2D eigenvalue weighted by Gasteiger charge is -2.23. The normalized spacial score (nSPS) is 11.6. The van der Waals surface area contributed by atoms with Crippen molar-refractivity contribution in [2.45, 2.75) is 136 Å². The topological polar surface area (TPSA) is 374 Å². The number of ketones is 1. The van der Waals surface area contributed by atoms with Gasteiger partial charge in [0.2, 0.25) is 5.91 Å². The van der Waals surface area contributed by atoms with Gasteiger partial charge in [-0.1, -0.05) is 135 Å². The number of aromatic nitrogens is 3. The van der Waals surface area contributed by atoms with Crippen LogP contribution in [0.5, 0.6) is 0 Å². The van der Waals surface area contributed by atoms with Gasteiger partial charge in [0.15, 0.2) is 0 Å². The number of halogens is 3. The number of hydrogen-bond donors (Lipinski definition) is 5. The number of carbonyl (C=O) groups is 3. The van der Waals surface area contributed by atoms with Gasteiger partial charge in [0.1, 0.15) is 26.4 Å². The monoisotopic (exact) mass is 1580 g/mol. The van der Waals surface area contributed by atoms with Gasteiger partial charge in [-0.3, -0.25) is 50.0 Å². The predicted molar refractivity (Wildman–Crippen MR) is 396 cm³/mol. The first-order valence-electron chi connectivity index (χ1n) is 29.6. The number of alkyl carbamates (subject to hydrolysis) is 1. The molecule has 3 heterocycles. The number of nitrogens with one attached hydrogen (secondary N) is 2. The Kier molecular flexibility index (Phi) is 38.2. The zero-order valence-electron chi connectivity index (χ0n) is 53.8. The average Bonchev–Trinajstić information content (AvgIpc) is 1.59. The largest absolute Gasteiger partial charge is 0.444 e. The van der Waals surface area contributed by atoms with Gasteiger partial charge >= 0.3 is 6.09 Å². The highest BCUT2D eigenvalue weighted by molar-refractivity contribution is 9.09. The number of thiazole rings is 3. The first kappa shape index (κ1) is 84.3. The smallest absolute Gasteiger partial charge is 0.408 e. The first-order chi connectivity index (χ1) is 44.6. The number of Topliss-reactive ketones (excluding diaryl/α,β-unsaturated/α-hetero) is 1. The number of rotatable bonds is 25. The van der Waals surface area contributed by atoms with E-state index in [1.165, 1.54) is 59.9 Å². The van der Waals surface area contributed by atoms with Crippen LogP contribution in [0.2, 0.25) is 0 Å². The molecule has 0 aliphatic carbocycles. The number of nitrogens with two attached hydrogens (primary N) is 3. The Labute approximate surface area is 604 Å². The number of aryl methyl sites for hydroxylation is 3. The summed E-state index contributed by atoms with van der Waals surface area (Å²) in [6, 6.07) is 33.8. The van der Waals surface area contributed by atoms with Crippen LogP contribution >= 0.6 is 96.1 Å². The fraction of sp³-hybridized carbons (Fsp3) is 0.338. The van der Waals surface area contributed by atoms with Crippen molar-refractivity contribution in [1.82, 2.24) is 25.6 Å². The molecule has 516 valence electrons. The van der Waals surface area contributed by atoms with Crippen molar-refractivity contribution in [3.8, 4) is 0 Å². The second kappa shape index (κ2) is 43.4. The number of nitrogens with zero attached hydrogens (tertiary/aromatic N) is 7. The Morgan fingerprint density at radius 2 is 0.885 bits per heavy atom. The maximum atomic E-state index is 12.6. The summed E-state index contributed by atoms with van der Waals surface area (Å²) < 4.78 is 5.15. The third kappa shape index (κ3) is 31.0. The highest BCUT2D eigenvalue weighted by atomic mass is 79.9. The lowest BCUT2D eigenvalue weighted by Crippen LogP contribution is -2.46. The lowest BCUT2D eigenvalue weighted by molar-refractivity contribution is -0.385. The Bertz CT molecular complexity index is 3620. The molecule has 0 unspecified atom stereocenters. The molecule has 0 bridgehead atoms. The molecule has 0 fully saturated rings. The molecular formula is C65H79Br3N12O12S4. The molecule has 96 heavy (non-hydrogen) atoms. The number of nitro groups is 4. The van der Waals surface area contributed by atoms with Crippen molar-refractivity contribution < 1.29 is 38.8 Å². The minimum absolute atomic E-state index is 0. The van der Waals surface area contributed by atoms with Crippen molar-refractivity contribution in [1.29, 1.82) is 0 Å². The zero-order valence-corrected chi connectivity index (χ0v) is 62.1. The Morgan fingerprint density at radius 3 is 1.19 bits per heavy atom. The van der Waals surface area contributed by atoms with Crippen molar-refractivity contribution in [2.75, 3.05) is 5.33 Å². The second-order valence-corrected chi connectivity index (χ2v) is 25.4. The van der Waals surface area contributed by atoms with Crippen LogP contribution in [0, 0.1) is 40.5 Å². The minimum Gasteiger partial charge on any atom is -0.444 e. The maximum Gasteiger partial charge on any atom is 0.408 e. The molecule has 0 saturated heterocycles. The third-order valence-corrected chi connectivity index (χ3v) is 17.2. The van der Waals surface area contributed by atoms with Crippen LogP contribution < -0.4 is 27.8 Å². The van der Waals surface area contributed by atoms with E-state index in [0.29, 0.717) is 43.9 Å². The molecule has 2 amide bonds. The summed E-state index contributed by atoms with van der Waals surface area (Å²) >= 11 is 12.6. The fourth-order valence-corrected chi connectivity index (χ4v) is 11.4. The summed E-state index contributed by atoms with van der Waals surface area (Å²) in [7, 11) is 0. The molecule has 4 atom stereocenters. The van der Waals surface area contributed by atoms with Crippen LogP contribution in [0.4, 0.5) is 27.5 Å². The van der Waals surface area contributed by atoms with Gasteiger partial charge in [-0.2, -0.15) is 0 Å². The molecule has 5 aromatic carbocycles. The van der Waals surface area contributed by atoms with Crippen LogP contribution in [-0.4, -0.2) is 74.4 Å². The van der Waals surface area contributed by atoms with Gasteiger partial charge in [-0.25, -0.2) is 19.7 Å². The summed E-state index contributed by atoms with van der Waals surface area (Å²) in [5.74, 6) is 0.182. The number of carbonyl (C=O) groups excluding carboxylic acids is 3. The number of non-ortho nitro benzene ring substituents is 4. The van der Waals surface area contributed by atoms with E-state index in [1.807, 2.05) is 60.3 Å². The van der Waals surface area contributed by atoms with Crippen LogP contribution in [0.15, 0.2) is 144 Å². The number of ether oxygens (including phenoxy) is 1. The standard InChI is InChI=1S/C21H21N3O3S.C14H19N3O4S.2C13H15N3O2S.C4H7BrO.2BrH/c1-2-17-14-28-21(22-17)19(12-16-8-10-18(11-9-16)24(26)27)23-20(25)13-15-6-4-3-5-7-15;1-14(2,3)21-13(18)16-11(12(15)22)8-9-4-6-10(7-5-9)17(19)20;2*1-2-10-8-19-13(15-10)12(14)7-9-3-5-11(6-4-9)16(17)18;1-2-4(6)3-5;;/h3-11,14,19H,2,12-13H2,1H3,(H,23,25);4-7,11H,8H2,1-3H3,(H2,15,22)(H,16,18);2*3-6,8,12H,2,7,14H2,1H3;2-3H2,1H3;2*1H/t19-;11-;2*12-;;;/m0000.../s1. The lowest BCUT2D eigenvalue weighted by atomic mass is 10.0. The van der Waals surface area contributed by atoms with E-state index >= 15 is 0 Å². The highest BCUT2D eigenvalue weighted by Gasteiger charge is 2.23. The van der Waals surface area contributed by atoms with E-state index in [4.69, 9.17) is 34.2 Å². The minimum atomic E-state index is -0.627. The average molecular weight is 1590 g/mol. The van der Waals surface area contributed by atoms with Gasteiger partial charge in [0, 0.05) is 71.1 Å². The van der Waals surface area contributed by atoms with Crippen LogP contribution in [-0.2, 0) is 65.7 Å². The summed E-state index contributed by atoms with van der Waals surface area (Å²) in [4.78, 5) is 89.0. The molecule has 0 spiro atoms. The quantitative estimate of drug-likeness (QED) is 0.0154. The van der Waals surface area contributed by atoms with Crippen molar-refractivity contribution in [3.63, 3.8) is 0 Å². The predicted octanol–water partition coefficient (Wildman–Crippen LogP) is 14.8. The Hall–Kier alpha value is -7.75. The molecule has 8 rings (SSSR count). The highest BCUT2D eigenvalue weighted by Crippen LogP contribution is 2.27. The number of thiocarbonyl (C=S) groups is 1. The molecule has 31 heteroatoms. The molecule has 24 nitrogen and oxygen atoms in total.